The Labute approximate surface area is 84.6 Å². The Morgan fingerprint density at radius 3 is 3.29 bits per heavy atom. The van der Waals surface area contributed by atoms with Crippen LogP contribution in [0.15, 0.2) is 30.9 Å². The maximum atomic E-state index is 5.46. The lowest BCUT2D eigenvalue weighted by Crippen LogP contribution is -2.11. The molecule has 1 aliphatic rings. The van der Waals surface area contributed by atoms with Crippen molar-refractivity contribution < 1.29 is 4.74 Å². The minimum atomic E-state index is 0.568. The summed E-state index contributed by atoms with van der Waals surface area (Å²) >= 11 is 0. The first kappa shape index (κ1) is 9.13. The van der Waals surface area contributed by atoms with Crippen LogP contribution in [-0.2, 0) is 6.42 Å². The lowest BCUT2D eigenvalue weighted by molar-refractivity contribution is 0.363. The molecule has 0 amide bonds. The first-order valence-electron chi connectivity index (χ1n) is 5.00. The van der Waals surface area contributed by atoms with Crippen molar-refractivity contribution in [3.8, 4) is 5.75 Å². The zero-order valence-corrected chi connectivity index (χ0v) is 8.25. The minimum absolute atomic E-state index is 0.568. The second-order valence-electron chi connectivity index (χ2n) is 3.45. The van der Waals surface area contributed by atoms with Gasteiger partial charge < -0.3 is 10.1 Å². The normalized spacial score (nSPS) is 14.0. The van der Waals surface area contributed by atoms with Crippen LogP contribution in [0.5, 0.6) is 5.75 Å². The topological polar surface area (TPSA) is 21.3 Å². The zero-order valence-electron chi connectivity index (χ0n) is 8.25. The van der Waals surface area contributed by atoms with E-state index in [1.807, 2.05) is 6.07 Å². The van der Waals surface area contributed by atoms with Crippen molar-refractivity contribution >= 4 is 5.69 Å². The highest BCUT2D eigenvalue weighted by molar-refractivity contribution is 5.56. The summed E-state index contributed by atoms with van der Waals surface area (Å²) in [5.74, 6) is 0.915. The van der Waals surface area contributed by atoms with Crippen LogP contribution in [0.25, 0.3) is 0 Å². The third-order valence-electron chi connectivity index (χ3n) is 2.39. The second kappa shape index (κ2) is 4.18. The molecule has 0 bridgehead atoms. The fourth-order valence-corrected chi connectivity index (χ4v) is 1.68. The monoisotopic (exact) mass is 189 g/mol. The molecule has 0 aromatic heterocycles. The number of hydrogen-bond acceptors (Lipinski definition) is 2. The first-order chi connectivity index (χ1) is 6.90. The van der Waals surface area contributed by atoms with Crippen LogP contribution in [-0.4, -0.2) is 13.2 Å². The molecular weight excluding hydrogens is 174 g/mol. The van der Waals surface area contributed by atoms with Crippen LogP contribution in [0.4, 0.5) is 5.69 Å². The molecule has 2 rings (SSSR count). The molecule has 1 heterocycles. The predicted octanol–water partition coefficient (Wildman–Crippen LogP) is 2.61. The van der Waals surface area contributed by atoms with Crippen molar-refractivity contribution in [1.29, 1.82) is 0 Å². The van der Waals surface area contributed by atoms with Gasteiger partial charge >= 0.3 is 0 Å². The third kappa shape index (κ3) is 1.90. The fourth-order valence-electron chi connectivity index (χ4n) is 1.68. The van der Waals surface area contributed by atoms with E-state index in [1.165, 1.54) is 24.1 Å². The Balaban J connectivity index is 2.16. The van der Waals surface area contributed by atoms with Gasteiger partial charge in [-0.25, -0.2) is 0 Å². The fraction of sp³-hybridized carbons (Fsp3) is 0.333. The van der Waals surface area contributed by atoms with Gasteiger partial charge in [0.1, 0.15) is 12.4 Å². The lowest BCUT2D eigenvalue weighted by Gasteiger charge is -2.18. The van der Waals surface area contributed by atoms with E-state index in [-0.39, 0.29) is 0 Å². The van der Waals surface area contributed by atoms with Crippen molar-refractivity contribution in [3.05, 3.63) is 36.4 Å². The molecule has 2 heteroatoms. The van der Waals surface area contributed by atoms with Crippen molar-refractivity contribution in [1.82, 2.24) is 0 Å². The number of aryl methyl sites for hydroxylation is 1. The second-order valence-corrected chi connectivity index (χ2v) is 3.45. The zero-order chi connectivity index (χ0) is 9.80. The number of hydrogen-bond donors (Lipinski definition) is 1. The smallest absolute Gasteiger partial charge is 0.121 e. The maximum absolute atomic E-state index is 5.46. The molecule has 0 atom stereocenters. The van der Waals surface area contributed by atoms with Gasteiger partial charge in [-0.3, -0.25) is 0 Å². The van der Waals surface area contributed by atoms with Crippen LogP contribution in [0, 0.1) is 0 Å². The van der Waals surface area contributed by atoms with E-state index < -0.39 is 0 Å². The first-order valence-corrected chi connectivity index (χ1v) is 5.00. The van der Waals surface area contributed by atoms with E-state index >= 15 is 0 Å². The van der Waals surface area contributed by atoms with Gasteiger partial charge in [0.15, 0.2) is 0 Å². The van der Waals surface area contributed by atoms with Crippen LogP contribution < -0.4 is 10.1 Å². The molecule has 0 spiro atoms. The standard InChI is InChI=1S/C12H15NO/c1-2-8-14-11-6-5-10-4-3-7-13-12(10)9-11/h2,5-6,9,13H,1,3-4,7-8H2. The van der Waals surface area contributed by atoms with Gasteiger partial charge in [-0.1, -0.05) is 18.7 Å². The van der Waals surface area contributed by atoms with Gasteiger partial charge in [0, 0.05) is 18.3 Å². The number of ether oxygens (including phenoxy) is 1. The summed E-state index contributed by atoms with van der Waals surface area (Å²) in [4.78, 5) is 0. The lowest BCUT2D eigenvalue weighted by atomic mass is 10.0. The van der Waals surface area contributed by atoms with Crippen molar-refractivity contribution in [2.45, 2.75) is 12.8 Å². The summed E-state index contributed by atoms with van der Waals surface area (Å²) in [6.07, 6.45) is 4.15. The summed E-state index contributed by atoms with van der Waals surface area (Å²) in [6.45, 7) is 5.26. The number of rotatable bonds is 3. The van der Waals surface area contributed by atoms with E-state index in [4.69, 9.17) is 4.74 Å². The van der Waals surface area contributed by atoms with E-state index in [2.05, 4.69) is 24.0 Å². The van der Waals surface area contributed by atoms with Crippen LogP contribution in [0.3, 0.4) is 0 Å². The molecule has 1 aliphatic heterocycles. The van der Waals surface area contributed by atoms with Crippen LogP contribution >= 0.6 is 0 Å². The average molecular weight is 189 g/mol. The van der Waals surface area contributed by atoms with Gasteiger partial charge in [0.2, 0.25) is 0 Å². The maximum Gasteiger partial charge on any atom is 0.121 e. The highest BCUT2D eigenvalue weighted by atomic mass is 16.5. The Morgan fingerprint density at radius 2 is 2.43 bits per heavy atom. The molecule has 0 radical (unpaired) electrons. The highest BCUT2D eigenvalue weighted by Gasteiger charge is 2.08. The van der Waals surface area contributed by atoms with E-state index in [1.54, 1.807) is 6.08 Å². The molecule has 1 aromatic carbocycles. The Morgan fingerprint density at radius 1 is 1.50 bits per heavy atom. The summed E-state index contributed by atoms with van der Waals surface area (Å²) in [5.41, 5.74) is 2.61. The molecule has 1 N–H and O–H groups in total. The number of nitrogens with one attached hydrogen (secondary N) is 1. The summed E-state index contributed by atoms with van der Waals surface area (Å²) in [5, 5.41) is 3.37. The highest BCUT2D eigenvalue weighted by Crippen LogP contribution is 2.26. The third-order valence-corrected chi connectivity index (χ3v) is 2.39. The Kier molecular flexibility index (Phi) is 2.73. The van der Waals surface area contributed by atoms with Gasteiger partial charge in [-0.05, 0) is 24.5 Å². The van der Waals surface area contributed by atoms with E-state index in [9.17, 15) is 0 Å². The number of benzene rings is 1. The van der Waals surface area contributed by atoms with Crippen LogP contribution in [0.1, 0.15) is 12.0 Å². The molecule has 0 saturated heterocycles. The van der Waals surface area contributed by atoms with E-state index in [0.717, 1.165) is 12.3 Å². The van der Waals surface area contributed by atoms with Gasteiger partial charge in [-0.15, -0.1) is 0 Å². The molecule has 74 valence electrons. The molecule has 1 aromatic rings. The molecule has 14 heavy (non-hydrogen) atoms. The van der Waals surface area contributed by atoms with E-state index in [0.29, 0.717) is 6.61 Å². The van der Waals surface area contributed by atoms with Gasteiger partial charge in [0.25, 0.3) is 0 Å². The minimum Gasteiger partial charge on any atom is -0.489 e. The predicted molar refractivity (Wildman–Crippen MR) is 58.9 cm³/mol. The van der Waals surface area contributed by atoms with Crippen molar-refractivity contribution in [2.75, 3.05) is 18.5 Å². The number of fused-ring (bicyclic) bond motifs is 1. The molecule has 2 nitrogen and oxygen atoms in total. The molecule has 0 aliphatic carbocycles. The Hall–Kier alpha value is -1.44. The SMILES string of the molecule is C=CCOc1ccc2c(c1)NCCC2. The average Bonchev–Trinajstić information content (AvgIpc) is 2.26. The molecule has 0 unspecified atom stereocenters. The van der Waals surface area contributed by atoms with Crippen molar-refractivity contribution in [2.24, 2.45) is 0 Å². The summed E-state index contributed by atoms with van der Waals surface area (Å²) < 4.78 is 5.46. The molecule has 0 saturated carbocycles. The van der Waals surface area contributed by atoms with Crippen molar-refractivity contribution in [3.63, 3.8) is 0 Å². The largest absolute Gasteiger partial charge is 0.489 e. The quantitative estimate of drug-likeness (QED) is 0.738. The Bertz CT molecular complexity index is 333. The molecular formula is C12H15NO. The van der Waals surface area contributed by atoms with Gasteiger partial charge in [-0.2, -0.15) is 0 Å². The molecule has 0 fully saturated rings. The summed E-state index contributed by atoms with van der Waals surface area (Å²) in [6, 6.07) is 6.23. The summed E-state index contributed by atoms with van der Waals surface area (Å²) in [7, 11) is 0. The van der Waals surface area contributed by atoms with Gasteiger partial charge in [0.05, 0.1) is 0 Å². The number of anilines is 1. The van der Waals surface area contributed by atoms with Crippen LogP contribution in [0.2, 0.25) is 0 Å².